The molecule has 1 fully saturated rings. The second-order valence-corrected chi connectivity index (χ2v) is 6.26. The number of benzene rings is 2. The van der Waals surface area contributed by atoms with Gasteiger partial charge in [-0.15, -0.1) is 0 Å². The van der Waals surface area contributed by atoms with E-state index >= 15 is 0 Å². The molecule has 1 heterocycles. The Morgan fingerprint density at radius 2 is 2.00 bits per heavy atom. The number of aryl methyl sites for hydroxylation is 1. The largest absolute Gasteiger partial charge is 0.323 e. The van der Waals surface area contributed by atoms with Crippen LogP contribution in [-0.4, -0.2) is 49.1 Å². The fourth-order valence-corrected chi connectivity index (χ4v) is 3.08. The highest BCUT2D eigenvalue weighted by molar-refractivity contribution is 6.03. The minimum absolute atomic E-state index is 0.00352. The summed E-state index contributed by atoms with van der Waals surface area (Å²) in [5.74, 6) is 0. The SMILES string of the molecule is Cc1ccc2ccccc2c1NC(=O)N1CCC(N(C)C)C1. The lowest BCUT2D eigenvalue weighted by Gasteiger charge is -2.21. The van der Waals surface area contributed by atoms with Crippen LogP contribution in [0.4, 0.5) is 10.5 Å². The molecule has 4 nitrogen and oxygen atoms in total. The molecule has 1 aliphatic heterocycles. The number of likely N-dealkylation sites (N-methyl/N-ethyl adjacent to an activating group) is 1. The van der Waals surface area contributed by atoms with Gasteiger partial charge >= 0.3 is 6.03 Å². The Balaban J connectivity index is 1.82. The monoisotopic (exact) mass is 297 g/mol. The molecule has 4 heteroatoms. The molecule has 0 spiro atoms. The normalized spacial score (nSPS) is 18.2. The molecule has 0 aliphatic carbocycles. The number of nitrogens with zero attached hydrogens (tertiary/aromatic N) is 2. The summed E-state index contributed by atoms with van der Waals surface area (Å²) in [6, 6.07) is 12.8. The van der Waals surface area contributed by atoms with E-state index in [1.54, 1.807) is 0 Å². The molecule has 1 unspecified atom stereocenters. The minimum Gasteiger partial charge on any atom is -0.323 e. The number of carbonyl (C=O) groups is 1. The summed E-state index contributed by atoms with van der Waals surface area (Å²) in [5.41, 5.74) is 2.02. The van der Waals surface area contributed by atoms with Crippen molar-refractivity contribution in [3.05, 3.63) is 42.0 Å². The lowest BCUT2D eigenvalue weighted by atomic mass is 10.0. The van der Waals surface area contributed by atoms with Gasteiger partial charge < -0.3 is 15.1 Å². The summed E-state index contributed by atoms with van der Waals surface area (Å²) in [6.45, 7) is 3.65. The van der Waals surface area contributed by atoms with Crippen molar-refractivity contribution < 1.29 is 4.79 Å². The maximum Gasteiger partial charge on any atom is 0.321 e. The van der Waals surface area contributed by atoms with Gasteiger partial charge in [-0.3, -0.25) is 0 Å². The van der Waals surface area contributed by atoms with Gasteiger partial charge in [0, 0.05) is 24.5 Å². The summed E-state index contributed by atoms with van der Waals surface area (Å²) in [4.78, 5) is 16.7. The number of hydrogen-bond donors (Lipinski definition) is 1. The van der Waals surface area contributed by atoms with E-state index in [-0.39, 0.29) is 6.03 Å². The second-order valence-electron chi connectivity index (χ2n) is 6.26. The van der Waals surface area contributed by atoms with E-state index in [2.05, 4.69) is 48.6 Å². The third-order valence-electron chi connectivity index (χ3n) is 4.55. The molecule has 1 aliphatic rings. The number of fused-ring (bicyclic) bond motifs is 1. The minimum atomic E-state index is 0.00352. The Kier molecular flexibility index (Phi) is 4.03. The lowest BCUT2D eigenvalue weighted by Crippen LogP contribution is -2.37. The smallest absolute Gasteiger partial charge is 0.321 e. The van der Waals surface area contributed by atoms with Crippen molar-refractivity contribution in [3.63, 3.8) is 0 Å². The van der Waals surface area contributed by atoms with Crippen LogP contribution in [0.1, 0.15) is 12.0 Å². The Labute approximate surface area is 131 Å². The first kappa shape index (κ1) is 14.9. The third-order valence-corrected chi connectivity index (χ3v) is 4.55. The van der Waals surface area contributed by atoms with Gasteiger partial charge in [-0.1, -0.05) is 36.4 Å². The van der Waals surface area contributed by atoms with Crippen LogP contribution in [0.5, 0.6) is 0 Å². The summed E-state index contributed by atoms with van der Waals surface area (Å²) >= 11 is 0. The van der Waals surface area contributed by atoms with Crippen LogP contribution >= 0.6 is 0 Å². The standard InChI is InChI=1S/C18H23N3O/c1-13-8-9-14-6-4-5-7-16(14)17(13)19-18(22)21-11-10-15(12-21)20(2)3/h4-9,15H,10-12H2,1-3H3,(H,19,22). The summed E-state index contributed by atoms with van der Waals surface area (Å²) in [7, 11) is 4.14. The lowest BCUT2D eigenvalue weighted by molar-refractivity contribution is 0.216. The topological polar surface area (TPSA) is 35.6 Å². The van der Waals surface area contributed by atoms with Crippen LogP contribution in [0.3, 0.4) is 0 Å². The molecule has 0 bridgehead atoms. The van der Waals surface area contributed by atoms with E-state index in [1.165, 1.54) is 0 Å². The van der Waals surface area contributed by atoms with E-state index in [1.807, 2.05) is 24.0 Å². The van der Waals surface area contributed by atoms with Gasteiger partial charge in [-0.05, 0) is 38.4 Å². The molecule has 1 saturated heterocycles. The van der Waals surface area contributed by atoms with Crippen LogP contribution in [0, 0.1) is 6.92 Å². The highest BCUT2D eigenvalue weighted by Gasteiger charge is 2.27. The maximum atomic E-state index is 12.6. The van der Waals surface area contributed by atoms with Gasteiger partial charge in [0.15, 0.2) is 0 Å². The van der Waals surface area contributed by atoms with Crippen molar-refractivity contribution in [2.45, 2.75) is 19.4 Å². The van der Waals surface area contributed by atoms with E-state index < -0.39 is 0 Å². The zero-order chi connectivity index (χ0) is 15.7. The van der Waals surface area contributed by atoms with Gasteiger partial charge in [0.2, 0.25) is 0 Å². The average Bonchev–Trinajstić information content (AvgIpc) is 3.00. The Morgan fingerprint density at radius 1 is 1.23 bits per heavy atom. The average molecular weight is 297 g/mol. The molecule has 2 aromatic rings. The number of anilines is 1. The van der Waals surface area contributed by atoms with Crippen molar-refractivity contribution in [2.75, 3.05) is 32.5 Å². The molecule has 2 aromatic carbocycles. The predicted octanol–water partition coefficient (Wildman–Crippen LogP) is 3.32. The van der Waals surface area contributed by atoms with Crippen molar-refractivity contribution in [2.24, 2.45) is 0 Å². The highest BCUT2D eigenvalue weighted by Crippen LogP contribution is 2.27. The predicted molar refractivity (Wildman–Crippen MR) is 91.4 cm³/mol. The number of nitrogens with one attached hydrogen (secondary N) is 1. The van der Waals surface area contributed by atoms with E-state index in [0.29, 0.717) is 6.04 Å². The van der Waals surface area contributed by atoms with Crippen molar-refractivity contribution in [1.29, 1.82) is 0 Å². The van der Waals surface area contributed by atoms with Crippen LogP contribution in [-0.2, 0) is 0 Å². The Bertz CT molecular complexity index is 696. The van der Waals surface area contributed by atoms with Crippen LogP contribution in [0.2, 0.25) is 0 Å². The van der Waals surface area contributed by atoms with Gasteiger partial charge in [0.1, 0.15) is 0 Å². The third kappa shape index (κ3) is 2.79. The van der Waals surface area contributed by atoms with Crippen molar-refractivity contribution in [1.82, 2.24) is 9.80 Å². The number of rotatable bonds is 2. The maximum absolute atomic E-state index is 12.6. The van der Waals surface area contributed by atoms with Crippen LogP contribution in [0.15, 0.2) is 36.4 Å². The number of likely N-dealkylation sites (tertiary alicyclic amines) is 1. The molecular formula is C18H23N3O. The first-order chi connectivity index (χ1) is 10.6. The molecule has 0 aromatic heterocycles. The number of amides is 2. The fraction of sp³-hybridized carbons (Fsp3) is 0.389. The zero-order valence-electron chi connectivity index (χ0n) is 13.5. The van der Waals surface area contributed by atoms with E-state index in [4.69, 9.17) is 0 Å². The van der Waals surface area contributed by atoms with Crippen LogP contribution < -0.4 is 5.32 Å². The fourth-order valence-electron chi connectivity index (χ4n) is 3.08. The van der Waals surface area contributed by atoms with Gasteiger partial charge in [-0.2, -0.15) is 0 Å². The first-order valence-corrected chi connectivity index (χ1v) is 7.77. The van der Waals surface area contributed by atoms with Gasteiger partial charge in [0.25, 0.3) is 0 Å². The summed E-state index contributed by atoms with van der Waals surface area (Å²) in [5, 5.41) is 5.37. The zero-order valence-corrected chi connectivity index (χ0v) is 13.5. The second kappa shape index (κ2) is 5.97. The summed E-state index contributed by atoms with van der Waals surface area (Å²) < 4.78 is 0. The number of carbonyl (C=O) groups excluding carboxylic acids is 1. The molecule has 0 saturated carbocycles. The van der Waals surface area contributed by atoms with E-state index in [0.717, 1.165) is 41.5 Å². The molecular weight excluding hydrogens is 274 g/mol. The molecule has 22 heavy (non-hydrogen) atoms. The Morgan fingerprint density at radius 3 is 2.73 bits per heavy atom. The van der Waals surface area contributed by atoms with Gasteiger partial charge in [-0.25, -0.2) is 4.79 Å². The van der Waals surface area contributed by atoms with E-state index in [9.17, 15) is 4.79 Å². The Hall–Kier alpha value is -2.07. The molecule has 116 valence electrons. The first-order valence-electron chi connectivity index (χ1n) is 7.77. The molecule has 3 rings (SSSR count). The molecule has 1 N–H and O–H groups in total. The molecule has 1 atom stereocenters. The quantitative estimate of drug-likeness (QED) is 0.923. The molecule has 0 radical (unpaired) electrons. The van der Waals surface area contributed by atoms with Crippen molar-refractivity contribution >= 4 is 22.5 Å². The molecule has 2 amide bonds. The summed E-state index contributed by atoms with van der Waals surface area (Å²) in [6.07, 6.45) is 1.04. The highest BCUT2D eigenvalue weighted by atomic mass is 16.2. The van der Waals surface area contributed by atoms with Crippen LogP contribution in [0.25, 0.3) is 10.8 Å². The van der Waals surface area contributed by atoms with Gasteiger partial charge in [0.05, 0.1) is 5.69 Å². The number of hydrogen-bond acceptors (Lipinski definition) is 2. The number of urea groups is 1. The van der Waals surface area contributed by atoms with Crippen molar-refractivity contribution in [3.8, 4) is 0 Å².